The summed E-state index contributed by atoms with van der Waals surface area (Å²) >= 11 is 1.36. The molecule has 116 valence electrons. The second kappa shape index (κ2) is 6.22. The minimum absolute atomic E-state index is 0.0545. The smallest absolute Gasteiger partial charge is 0.342 e. The van der Waals surface area contributed by atoms with Crippen molar-refractivity contribution in [3.05, 3.63) is 63.8 Å². The van der Waals surface area contributed by atoms with Crippen LogP contribution >= 0.6 is 11.3 Å². The summed E-state index contributed by atoms with van der Waals surface area (Å²) in [5.41, 5.74) is 0.0545. The van der Waals surface area contributed by atoms with Crippen molar-refractivity contribution in [2.24, 2.45) is 0 Å². The molecule has 0 spiro atoms. The van der Waals surface area contributed by atoms with Crippen molar-refractivity contribution in [1.29, 1.82) is 0 Å². The first kappa shape index (κ1) is 15.2. The Hall–Kier alpha value is -2.66. The summed E-state index contributed by atoms with van der Waals surface area (Å²) in [7, 11) is 0. The van der Waals surface area contributed by atoms with E-state index in [1.807, 2.05) is 25.1 Å². The molecule has 0 bridgehead atoms. The normalized spacial score (nSPS) is 10.7. The van der Waals surface area contributed by atoms with Gasteiger partial charge in [-0.25, -0.2) is 4.79 Å². The van der Waals surface area contributed by atoms with Gasteiger partial charge in [-0.3, -0.25) is 4.79 Å². The Bertz CT molecular complexity index is 895. The van der Waals surface area contributed by atoms with Crippen LogP contribution in [-0.2, 0) is 4.74 Å². The first-order chi connectivity index (χ1) is 11.1. The molecule has 0 aliphatic heterocycles. The maximum atomic E-state index is 12.1. The van der Waals surface area contributed by atoms with Crippen molar-refractivity contribution in [3.63, 3.8) is 0 Å². The van der Waals surface area contributed by atoms with Gasteiger partial charge in [0, 0.05) is 10.3 Å². The van der Waals surface area contributed by atoms with Crippen LogP contribution in [0.4, 0.5) is 0 Å². The number of ether oxygens (including phenoxy) is 1. The van der Waals surface area contributed by atoms with Crippen molar-refractivity contribution in [1.82, 2.24) is 0 Å². The summed E-state index contributed by atoms with van der Waals surface area (Å²) in [5.74, 6) is -1.10. The number of phenols is 1. The molecule has 0 fully saturated rings. The van der Waals surface area contributed by atoms with Crippen LogP contribution in [0, 0.1) is 6.92 Å². The molecule has 1 N–H and O–H groups in total. The van der Waals surface area contributed by atoms with Gasteiger partial charge in [0.2, 0.25) is 5.78 Å². The number of carbonyl (C=O) groups excluding carboxylic acids is 2. The Morgan fingerprint density at radius 1 is 1.09 bits per heavy atom. The molecule has 1 aromatic heterocycles. The third kappa shape index (κ3) is 3.10. The van der Waals surface area contributed by atoms with Crippen molar-refractivity contribution < 1.29 is 19.4 Å². The van der Waals surface area contributed by atoms with Crippen LogP contribution in [0.5, 0.6) is 5.75 Å². The summed E-state index contributed by atoms with van der Waals surface area (Å²) < 4.78 is 5.04. The van der Waals surface area contributed by atoms with Gasteiger partial charge in [0.1, 0.15) is 11.3 Å². The highest BCUT2D eigenvalue weighted by molar-refractivity contribution is 7.14. The van der Waals surface area contributed by atoms with E-state index < -0.39 is 5.97 Å². The Labute approximate surface area is 137 Å². The Morgan fingerprint density at radius 2 is 1.87 bits per heavy atom. The zero-order chi connectivity index (χ0) is 16.4. The number of benzene rings is 2. The van der Waals surface area contributed by atoms with E-state index in [0.29, 0.717) is 10.3 Å². The fourth-order valence-electron chi connectivity index (χ4n) is 2.28. The summed E-state index contributed by atoms with van der Waals surface area (Å²) in [4.78, 5) is 25.7. The van der Waals surface area contributed by atoms with Crippen LogP contribution in [-0.4, -0.2) is 23.5 Å². The highest BCUT2D eigenvalue weighted by atomic mass is 32.1. The first-order valence-electron chi connectivity index (χ1n) is 7.04. The van der Waals surface area contributed by atoms with E-state index in [2.05, 4.69) is 0 Å². The topological polar surface area (TPSA) is 63.6 Å². The summed E-state index contributed by atoms with van der Waals surface area (Å²) in [6, 6.07) is 14.0. The number of aromatic hydroxyl groups is 1. The molecule has 3 aromatic rings. The molecule has 4 nitrogen and oxygen atoms in total. The van der Waals surface area contributed by atoms with Gasteiger partial charge in [-0.2, -0.15) is 0 Å². The summed E-state index contributed by atoms with van der Waals surface area (Å²) in [6.45, 7) is 1.56. The van der Waals surface area contributed by atoms with Gasteiger partial charge >= 0.3 is 5.97 Å². The second-order valence-electron chi connectivity index (χ2n) is 5.09. The van der Waals surface area contributed by atoms with Crippen LogP contribution in [0.3, 0.4) is 0 Å². The van der Waals surface area contributed by atoms with Gasteiger partial charge in [-0.05, 0) is 30.5 Å². The monoisotopic (exact) mass is 326 g/mol. The number of hydrogen-bond donors (Lipinski definition) is 1. The Morgan fingerprint density at radius 3 is 2.61 bits per heavy atom. The SMILES string of the molecule is Cc1ccc(C(=O)COC(=O)c2ccc3ccccc3c2O)s1. The average Bonchev–Trinajstić information content (AvgIpc) is 2.99. The molecule has 0 aliphatic carbocycles. The third-order valence-corrected chi connectivity index (χ3v) is 4.51. The fraction of sp³-hybridized carbons (Fsp3) is 0.111. The van der Waals surface area contributed by atoms with Gasteiger partial charge in [-0.15, -0.1) is 11.3 Å². The van der Waals surface area contributed by atoms with E-state index in [1.165, 1.54) is 17.4 Å². The van der Waals surface area contributed by atoms with Crippen LogP contribution in [0.1, 0.15) is 24.9 Å². The Balaban J connectivity index is 1.76. The molecular weight excluding hydrogens is 312 g/mol. The quantitative estimate of drug-likeness (QED) is 0.582. The summed E-state index contributed by atoms with van der Waals surface area (Å²) in [5, 5.41) is 11.6. The lowest BCUT2D eigenvalue weighted by atomic mass is 10.1. The number of esters is 1. The number of hydrogen-bond acceptors (Lipinski definition) is 5. The number of fused-ring (bicyclic) bond motifs is 1. The number of thiophene rings is 1. The summed E-state index contributed by atoms with van der Waals surface area (Å²) in [6.07, 6.45) is 0. The lowest BCUT2D eigenvalue weighted by molar-refractivity contribution is 0.0473. The van der Waals surface area contributed by atoms with E-state index >= 15 is 0 Å². The molecule has 0 radical (unpaired) electrons. The van der Waals surface area contributed by atoms with Crippen LogP contribution in [0.15, 0.2) is 48.5 Å². The number of carbonyl (C=O) groups is 2. The van der Waals surface area contributed by atoms with E-state index in [0.717, 1.165) is 10.3 Å². The molecule has 0 saturated carbocycles. The minimum atomic E-state index is -0.713. The number of rotatable bonds is 4. The minimum Gasteiger partial charge on any atom is -0.506 e. The van der Waals surface area contributed by atoms with Gasteiger partial charge < -0.3 is 9.84 Å². The molecule has 0 aliphatic rings. The van der Waals surface area contributed by atoms with E-state index in [4.69, 9.17) is 4.74 Å². The van der Waals surface area contributed by atoms with Gasteiger partial charge in [-0.1, -0.05) is 30.3 Å². The van der Waals surface area contributed by atoms with Crippen molar-refractivity contribution in [3.8, 4) is 5.75 Å². The Kier molecular flexibility index (Phi) is 4.12. The zero-order valence-electron chi connectivity index (χ0n) is 12.4. The van der Waals surface area contributed by atoms with E-state index in [1.54, 1.807) is 24.3 Å². The van der Waals surface area contributed by atoms with Crippen LogP contribution in [0.2, 0.25) is 0 Å². The van der Waals surface area contributed by atoms with Gasteiger partial charge in [0.05, 0.1) is 4.88 Å². The van der Waals surface area contributed by atoms with Gasteiger partial charge in [0.15, 0.2) is 6.61 Å². The molecule has 0 saturated heterocycles. The molecule has 2 aromatic carbocycles. The molecule has 0 amide bonds. The second-order valence-corrected chi connectivity index (χ2v) is 6.38. The molecule has 3 rings (SSSR count). The van der Waals surface area contributed by atoms with Gasteiger partial charge in [0.25, 0.3) is 0 Å². The molecule has 0 atom stereocenters. The highest BCUT2D eigenvalue weighted by Crippen LogP contribution is 2.29. The van der Waals surface area contributed by atoms with Crippen molar-refractivity contribution in [2.45, 2.75) is 6.92 Å². The number of Topliss-reactive ketones (excluding diaryl/α,β-unsaturated/α-hetero) is 1. The van der Waals surface area contributed by atoms with Crippen LogP contribution < -0.4 is 0 Å². The predicted molar refractivity (Wildman–Crippen MR) is 89.3 cm³/mol. The predicted octanol–water partition coefficient (Wildman–Crippen LogP) is 3.96. The number of phenolic OH excluding ortho intramolecular Hbond substituents is 1. The molecular formula is C18H14O4S. The third-order valence-electron chi connectivity index (χ3n) is 3.47. The van der Waals surface area contributed by atoms with Crippen molar-refractivity contribution >= 4 is 33.9 Å². The highest BCUT2D eigenvalue weighted by Gasteiger charge is 2.17. The van der Waals surface area contributed by atoms with Crippen molar-refractivity contribution in [2.75, 3.05) is 6.61 Å². The number of ketones is 1. The molecule has 5 heteroatoms. The lowest BCUT2D eigenvalue weighted by Gasteiger charge is -2.08. The lowest BCUT2D eigenvalue weighted by Crippen LogP contribution is -2.13. The van der Waals surface area contributed by atoms with E-state index in [9.17, 15) is 14.7 Å². The fourth-order valence-corrected chi connectivity index (χ4v) is 3.08. The zero-order valence-corrected chi connectivity index (χ0v) is 13.2. The standard InChI is InChI=1S/C18H14O4S/c1-11-6-9-16(23-11)15(19)10-22-18(21)14-8-7-12-4-2-3-5-13(12)17(14)20/h2-9,20H,10H2,1H3. The van der Waals surface area contributed by atoms with Crippen LogP contribution in [0.25, 0.3) is 10.8 Å². The largest absolute Gasteiger partial charge is 0.506 e. The number of aryl methyl sites for hydroxylation is 1. The molecule has 0 unspecified atom stereocenters. The average molecular weight is 326 g/mol. The van der Waals surface area contributed by atoms with E-state index in [-0.39, 0.29) is 23.7 Å². The molecule has 23 heavy (non-hydrogen) atoms. The maximum Gasteiger partial charge on any atom is 0.342 e. The first-order valence-corrected chi connectivity index (χ1v) is 7.85. The molecule has 1 heterocycles. The maximum absolute atomic E-state index is 12.1.